The van der Waals surface area contributed by atoms with E-state index >= 15 is 0 Å². The Morgan fingerprint density at radius 1 is 1.47 bits per heavy atom. The van der Waals surface area contributed by atoms with Gasteiger partial charge in [0.1, 0.15) is 6.33 Å². The maximum atomic E-state index is 11.0. The van der Waals surface area contributed by atoms with Crippen LogP contribution >= 0.6 is 11.3 Å². The van der Waals surface area contributed by atoms with Crippen molar-refractivity contribution >= 4 is 22.8 Å². The van der Waals surface area contributed by atoms with Crippen LogP contribution in [0, 0.1) is 10.1 Å². The lowest BCUT2D eigenvalue weighted by molar-refractivity contribution is -0.385. The Hall–Kier alpha value is -2.29. The molecular weight excluding hydrogens is 270 g/mol. The number of anilines is 1. The molecular formula is C10H11N5O3S. The summed E-state index contributed by atoms with van der Waals surface area (Å²) in [6, 6.07) is 0. The summed E-state index contributed by atoms with van der Waals surface area (Å²) in [6.45, 7) is 0.495. The van der Waals surface area contributed by atoms with Crippen molar-refractivity contribution in [1.82, 2.24) is 15.0 Å². The number of aromatic nitrogens is 3. The average Bonchev–Trinajstić information content (AvgIpc) is 2.91. The summed E-state index contributed by atoms with van der Waals surface area (Å²) in [4.78, 5) is 22.1. The zero-order valence-electron chi connectivity index (χ0n) is 10.1. The van der Waals surface area contributed by atoms with Crippen molar-refractivity contribution in [2.45, 2.75) is 6.42 Å². The number of nitro groups is 1. The molecule has 2 aromatic heterocycles. The van der Waals surface area contributed by atoms with Gasteiger partial charge in [-0.3, -0.25) is 10.1 Å². The molecule has 9 heteroatoms. The van der Waals surface area contributed by atoms with E-state index in [2.05, 4.69) is 20.3 Å². The number of hydrogen-bond donors (Lipinski definition) is 1. The van der Waals surface area contributed by atoms with Crippen molar-refractivity contribution in [3.8, 4) is 5.88 Å². The predicted molar refractivity (Wildman–Crippen MR) is 69.5 cm³/mol. The quantitative estimate of drug-likeness (QED) is 0.632. The highest BCUT2D eigenvalue weighted by Crippen LogP contribution is 2.30. The molecule has 1 N–H and O–H groups in total. The molecule has 0 spiro atoms. The smallest absolute Gasteiger partial charge is 0.372 e. The number of nitrogens with zero attached hydrogens (tertiary/aromatic N) is 4. The molecule has 0 amide bonds. The molecule has 2 aromatic rings. The number of hydrogen-bond acceptors (Lipinski definition) is 8. The van der Waals surface area contributed by atoms with E-state index in [9.17, 15) is 10.1 Å². The van der Waals surface area contributed by atoms with Crippen molar-refractivity contribution in [3.63, 3.8) is 0 Å². The van der Waals surface area contributed by atoms with E-state index in [-0.39, 0.29) is 17.4 Å². The standard InChI is InChI=1S/C10H11N5O3S/c1-18-10-8(15(16)17)9(13-6-14-10)12-3-2-7-11-4-5-19-7/h4-6H,2-3H2,1H3,(H,12,13,14). The van der Waals surface area contributed by atoms with Gasteiger partial charge in [0, 0.05) is 24.5 Å². The van der Waals surface area contributed by atoms with Gasteiger partial charge in [-0.05, 0) is 0 Å². The number of thiazole rings is 1. The van der Waals surface area contributed by atoms with Crippen LogP contribution in [0.2, 0.25) is 0 Å². The van der Waals surface area contributed by atoms with Crippen LogP contribution in [0.25, 0.3) is 0 Å². The van der Waals surface area contributed by atoms with E-state index in [0.717, 1.165) is 5.01 Å². The molecule has 19 heavy (non-hydrogen) atoms. The molecule has 0 aromatic carbocycles. The number of rotatable bonds is 6. The summed E-state index contributed by atoms with van der Waals surface area (Å²) in [5.41, 5.74) is -0.260. The van der Waals surface area contributed by atoms with E-state index in [1.807, 2.05) is 5.38 Å². The Morgan fingerprint density at radius 2 is 2.32 bits per heavy atom. The maximum Gasteiger partial charge on any atom is 0.372 e. The van der Waals surface area contributed by atoms with Gasteiger partial charge < -0.3 is 10.1 Å². The molecule has 0 unspecified atom stereocenters. The second-order valence-corrected chi connectivity index (χ2v) is 4.42. The molecule has 0 aliphatic carbocycles. The van der Waals surface area contributed by atoms with Gasteiger partial charge in [-0.1, -0.05) is 0 Å². The molecule has 2 heterocycles. The Bertz CT molecular complexity index is 560. The van der Waals surface area contributed by atoms with E-state index < -0.39 is 4.92 Å². The molecule has 0 bridgehead atoms. The average molecular weight is 281 g/mol. The molecule has 0 saturated heterocycles. The normalized spacial score (nSPS) is 10.2. The van der Waals surface area contributed by atoms with E-state index in [1.54, 1.807) is 6.20 Å². The lowest BCUT2D eigenvalue weighted by Gasteiger charge is -2.06. The summed E-state index contributed by atoms with van der Waals surface area (Å²) in [5.74, 6) is 0.0881. The topological polar surface area (TPSA) is 103 Å². The lowest BCUT2D eigenvalue weighted by Crippen LogP contribution is -2.09. The SMILES string of the molecule is COc1ncnc(NCCc2nccs2)c1[N+](=O)[O-]. The summed E-state index contributed by atoms with van der Waals surface area (Å²) in [6.07, 6.45) is 3.61. The fourth-order valence-corrected chi connectivity index (χ4v) is 2.09. The summed E-state index contributed by atoms with van der Waals surface area (Å²) >= 11 is 1.53. The first-order valence-electron chi connectivity index (χ1n) is 5.38. The fraction of sp³-hybridized carbons (Fsp3) is 0.300. The zero-order valence-corrected chi connectivity index (χ0v) is 10.9. The van der Waals surface area contributed by atoms with Gasteiger partial charge >= 0.3 is 5.69 Å². The van der Waals surface area contributed by atoms with Crippen molar-refractivity contribution in [1.29, 1.82) is 0 Å². The molecule has 0 aliphatic rings. The molecule has 0 fully saturated rings. The first-order chi connectivity index (χ1) is 9.22. The second kappa shape index (κ2) is 6.05. The van der Waals surface area contributed by atoms with Gasteiger partial charge in [0.25, 0.3) is 5.88 Å². The molecule has 0 saturated carbocycles. The van der Waals surface area contributed by atoms with E-state index in [0.29, 0.717) is 13.0 Å². The largest absolute Gasteiger partial charge is 0.476 e. The van der Waals surface area contributed by atoms with E-state index in [1.165, 1.54) is 24.8 Å². The Kier molecular flexibility index (Phi) is 4.18. The van der Waals surface area contributed by atoms with E-state index in [4.69, 9.17) is 4.74 Å². The minimum Gasteiger partial charge on any atom is -0.476 e. The predicted octanol–water partition coefficient (Wildman–Crippen LogP) is 1.50. The maximum absolute atomic E-state index is 11.0. The van der Waals surface area contributed by atoms with Crippen LogP contribution in [0.15, 0.2) is 17.9 Å². The zero-order chi connectivity index (χ0) is 13.7. The lowest BCUT2D eigenvalue weighted by atomic mass is 10.4. The first kappa shape index (κ1) is 13.1. The van der Waals surface area contributed by atoms with Crippen LogP contribution in [0.3, 0.4) is 0 Å². The highest BCUT2D eigenvalue weighted by atomic mass is 32.1. The molecule has 100 valence electrons. The van der Waals surface area contributed by atoms with Crippen LogP contribution in [-0.2, 0) is 6.42 Å². The third-order valence-electron chi connectivity index (χ3n) is 2.28. The summed E-state index contributed by atoms with van der Waals surface area (Å²) in [7, 11) is 1.33. The van der Waals surface area contributed by atoms with Gasteiger partial charge in [0.05, 0.1) is 17.0 Å². The van der Waals surface area contributed by atoms with Gasteiger partial charge in [-0.25, -0.2) is 9.97 Å². The molecule has 2 rings (SSSR count). The highest BCUT2D eigenvalue weighted by molar-refractivity contribution is 7.09. The van der Waals surface area contributed by atoms with Gasteiger partial charge in [-0.2, -0.15) is 4.98 Å². The van der Waals surface area contributed by atoms with Crippen LogP contribution < -0.4 is 10.1 Å². The highest BCUT2D eigenvalue weighted by Gasteiger charge is 2.23. The second-order valence-electron chi connectivity index (χ2n) is 3.44. The fourth-order valence-electron chi connectivity index (χ4n) is 1.47. The number of ether oxygens (including phenoxy) is 1. The minimum absolute atomic E-state index is 0.0586. The first-order valence-corrected chi connectivity index (χ1v) is 6.26. The van der Waals surface area contributed by atoms with Crippen LogP contribution in [0.1, 0.15) is 5.01 Å². The minimum atomic E-state index is -0.565. The van der Waals surface area contributed by atoms with Crippen LogP contribution in [-0.4, -0.2) is 33.5 Å². The molecule has 0 radical (unpaired) electrons. The molecule has 0 aliphatic heterocycles. The Balaban J connectivity index is 2.09. The van der Waals surface area contributed by atoms with Crippen molar-refractivity contribution < 1.29 is 9.66 Å². The third kappa shape index (κ3) is 3.13. The number of methoxy groups -OCH3 is 1. The van der Waals surface area contributed by atoms with Gasteiger partial charge in [0.15, 0.2) is 0 Å². The van der Waals surface area contributed by atoms with Crippen LogP contribution in [0.4, 0.5) is 11.5 Å². The third-order valence-corrected chi connectivity index (χ3v) is 3.12. The summed E-state index contributed by atoms with van der Waals surface area (Å²) < 4.78 is 4.86. The van der Waals surface area contributed by atoms with Crippen molar-refractivity contribution in [2.24, 2.45) is 0 Å². The van der Waals surface area contributed by atoms with Gasteiger partial charge in [0.2, 0.25) is 5.82 Å². The molecule has 8 nitrogen and oxygen atoms in total. The van der Waals surface area contributed by atoms with Gasteiger partial charge in [-0.15, -0.1) is 11.3 Å². The molecule has 0 atom stereocenters. The summed E-state index contributed by atoms with van der Waals surface area (Å²) in [5, 5.41) is 16.7. The number of nitrogens with one attached hydrogen (secondary N) is 1. The Morgan fingerprint density at radius 3 is 2.95 bits per heavy atom. The van der Waals surface area contributed by atoms with Crippen molar-refractivity contribution in [3.05, 3.63) is 33.0 Å². The monoisotopic (exact) mass is 281 g/mol. The Labute approximate surface area is 112 Å². The van der Waals surface area contributed by atoms with Crippen LogP contribution in [0.5, 0.6) is 5.88 Å². The van der Waals surface area contributed by atoms with Crippen molar-refractivity contribution in [2.75, 3.05) is 19.0 Å².